The van der Waals surface area contributed by atoms with Crippen molar-refractivity contribution in [2.75, 3.05) is 19.8 Å². The second kappa shape index (κ2) is 49.2. The zero-order valence-electron chi connectivity index (χ0n) is 38.8. The van der Waals surface area contributed by atoms with Crippen molar-refractivity contribution in [3.8, 4) is 0 Å². The Morgan fingerprint density at radius 2 is 0.724 bits per heavy atom. The molecule has 0 aliphatic rings. The maximum absolute atomic E-state index is 12.7. The van der Waals surface area contributed by atoms with Gasteiger partial charge in [-0.25, -0.2) is 0 Å². The number of esters is 2. The second-order valence-electron chi connectivity index (χ2n) is 16.7. The Bertz CT molecular complexity index is 966. The maximum atomic E-state index is 12.7. The summed E-state index contributed by atoms with van der Waals surface area (Å²) in [7, 11) is 0. The first kappa shape index (κ1) is 55.9. The van der Waals surface area contributed by atoms with Gasteiger partial charge in [0, 0.05) is 19.4 Å². The van der Waals surface area contributed by atoms with Gasteiger partial charge >= 0.3 is 11.9 Å². The van der Waals surface area contributed by atoms with Crippen LogP contribution in [-0.2, 0) is 23.8 Å². The molecule has 1 atom stereocenters. The van der Waals surface area contributed by atoms with E-state index >= 15 is 0 Å². The molecule has 0 aromatic heterocycles. The highest BCUT2D eigenvalue weighted by molar-refractivity contribution is 5.70. The second-order valence-corrected chi connectivity index (χ2v) is 16.7. The van der Waals surface area contributed by atoms with E-state index < -0.39 is 6.10 Å². The normalized spacial score (nSPS) is 12.5. The van der Waals surface area contributed by atoms with Gasteiger partial charge in [-0.3, -0.25) is 9.59 Å². The molecule has 0 aliphatic heterocycles. The van der Waals surface area contributed by atoms with Crippen LogP contribution in [0.1, 0.15) is 252 Å². The molecule has 0 N–H and O–H groups in total. The van der Waals surface area contributed by atoms with Gasteiger partial charge in [0.15, 0.2) is 6.10 Å². The molecule has 5 heteroatoms. The summed E-state index contributed by atoms with van der Waals surface area (Å²) < 4.78 is 17.3. The summed E-state index contributed by atoms with van der Waals surface area (Å²) in [6.45, 7) is 7.76. The summed E-state index contributed by atoms with van der Waals surface area (Å²) in [5.74, 6) is -0.411. The first-order chi connectivity index (χ1) is 28.6. The predicted octanol–water partition coefficient (Wildman–Crippen LogP) is 16.8. The van der Waals surface area contributed by atoms with Crippen LogP contribution in [0.3, 0.4) is 0 Å². The van der Waals surface area contributed by atoms with E-state index in [1.54, 1.807) is 0 Å². The zero-order chi connectivity index (χ0) is 42.1. The highest BCUT2D eigenvalue weighted by atomic mass is 16.6. The molecular formula is C53H96O5. The van der Waals surface area contributed by atoms with E-state index in [9.17, 15) is 9.59 Å². The van der Waals surface area contributed by atoms with Crippen LogP contribution in [0, 0.1) is 0 Å². The van der Waals surface area contributed by atoms with Gasteiger partial charge in [-0.05, 0) is 83.5 Å². The minimum atomic E-state index is -0.540. The number of ether oxygens (including phenoxy) is 3. The maximum Gasteiger partial charge on any atom is 0.306 e. The standard InChI is InChI=1S/C53H96O5/c1-4-7-10-13-16-19-21-23-25-26-27-28-30-31-33-35-37-40-43-46-52(54)57-50-51(49-56-48-45-42-39-18-15-12-9-6-3)58-53(55)47-44-41-38-36-34-32-29-24-22-20-17-14-11-8-5-2/h16-17,19-20,23-25,29,51H,4-15,18,21-22,26-28,30-50H2,1-3H3/b19-16-,20-17-,25-23-,29-24-. The molecule has 0 heterocycles. The number of carbonyl (C=O) groups excluding carboxylic acids is 2. The van der Waals surface area contributed by atoms with E-state index in [0.29, 0.717) is 19.4 Å². The fourth-order valence-corrected chi connectivity index (χ4v) is 7.04. The molecule has 58 heavy (non-hydrogen) atoms. The molecular weight excluding hydrogens is 717 g/mol. The van der Waals surface area contributed by atoms with E-state index in [4.69, 9.17) is 14.2 Å². The molecule has 0 aromatic rings. The third kappa shape index (κ3) is 46.5. The Kier molecular flexibility index (Phi) is 47.4. The number of unbranched alkanes of at least 4 members (excludes halogenated alkanes) is 27. The number of rotatable bonds is 46. The molecule has 0 saturated carbocycles. The van der Waals surface area contributed by atoms with Gasteiger partial charge in [0.05, 0.1) is 6.61 Å². The lowest BCUT2D eigenvalue weighted by Gasteiger charge is -2.18. The largest absolute Gasteiger partial charge is 0.462 e. The Hall–Kier alpha value is -2.14. The Balaban J connectivity index is 4.16. The quantitative estimate of drug-likeness (QED) is 0.0348. The Labute approximate surface area is 361 Å². The molecule has 0 saturated heterocycles. The fraction of sp³-hybridized carbons (Fsp3) is 0.811. The van der Waals surface area contributed by atoms with Crippen LogP contribution in [0.4, 0.5) is 0 Å². The summed E-state index contributed by atoms with van der Waals surface area (Å²) in [5.41, 5.74) is 0. The minimum Gasteiger partial charge on any atom is -0.462 e. The van der Waals surface area contributed by atoms with Crippen molar-refractivity contribution >= 4 is 11.9 Å². The lowest BCUT2D eigenvalue weighted by molar-refractivity contribution is -0.163. The van der Waals surface area contributed by atoms with Gasteiger partial charge in [0.1, 0.15) is 6.61 Å². The predicted molar refractivity (Wildman–Crippen MR) is 251 cm³/mol. The molecule has 0 spiro atoms. The van der Waals surface area contributed by atoms with E-state index in [0.717, 1.165) is 64.2 Å². The first-order valence-electron chi connectivity index (χ1n) is 25.2. The highest BCUT2D eigenvalue weighted by Crippen LogP contribution is 2.14. The number of hydrogen-bond donors (Lipinski definition) is 0. The number of hydrogen-bond acceptors (Lipinski definition) is 5. The van der Waals surface area contributed by atoms with Crippen molar-refractivity contribution in [1.82, 2.24) is 0 Å². The van der Waals surface area contributed by atoms with Gasteiger partial charge in [-0.2, -0.15) is 0 Å². The Morgan fingerprint density at radius 3 is 1.17 bits per heavy atom. The summed E-state index contributed by atoms with van der Waals surface area (Å²) in [5, 5.41) is 0. The van der Waals surface area contributed by atoms with Crippen LogP contribution in [0.25, 0.3) is 0 Å². The van der Waals surface area contributed by atoms with Crippen LogP contribution in [0.2, 0.25) is 0 Å². The topological polar surface area (TPSA) is 61.8 Å². The van der Waals surface area contributed by atoms with E-state index in [1.807, 2.05) is 0 Å². The SMILES string of the molecule is CCCCC/C=C\C/C=C\CCCCCCCCCCCC(=O)OCC(COCCCCCCCCCC)OC(=O)CCCCCCC/C=C\C/C=C\CCCCC. The van der Waals surface area contributed by atoms with Gasteiger partial charge < -0.3 is 14.2 Å². The van der Waals surface area contributed by atoms with Crippen LogP contribution in [0.5, 0.6) is 0 Å². The zero-order valence-corrected chi connectivity index (χ0v) is 38.8. The molecule has 0 fully saturated rings. The molecule has 0 rings (SSSR count). The van der Waals surface area contributed by atoms with Crippen LogP contribution in [0.15, 0.2) is 48.6 Å². The molecule has 0 radical (unpaired) electrons. The molecule has 0 bridgehead atoms. The fourth-order valence-electron chi connectivity index (χ4n) is 7.04. The summed E-state index contributed by atoms with van der Waals surface area (Å²) in [6.07, 6.45) is 59.7. The van der Waals surface area contributed by atoms with Crippen molar-refractivity contribution in [3.05, 3.63) is 48.6 Å². The highest BCUT2D eigenvalue weighted by Gasteiger charge is 2.17. The monoisotopic (exact) mass is 813 g/mol. The van der Waals surface area contributed by atoms with E-state index in [1.165, 1.54) is 154 Å². The molecule has 1 unspecified atom stereocenters. The van der Waals surface area contributed by atoms with Crippen molar-refractivity contribution in [2.45, 2.75) is 258 Å². The van der Waals surface area contributed by atoms with Gasteiger partial charge in [0.25, 0.3) is 0 Å². The summed E-state index contributed by atoms with van der Waals surface area (Å²) >= 11 is 0. The third-order valence-corrected chi connectivity index (χ3v) is 10.8. The van der Waals surface area contributed by atoms with Crippen molar-refractivity contribution in [2.24, 2.45) is 0 Å². The lowest BCUT2D eigenvalue weighted by Crippen LogP contribution is -2.30. The summed E-state index contributed by atoms with van der Waals surface area (Å²) in [4.78, 5) is 25.3. The van der Waals surface area contributed by atoms with Gasteiger partial charge in [0.2, 0.25) is 0 Å². The van der Waals surface area contributed by atoms with Crippen LogP contribution in [-0.4, -0.2) is 37.9 Å². The smallest absolute Gasteiger partial charge is 0.306 e. The van der Waals surface area contributed by atoms with Crippen molar-refractivity contribution in [1.29, 1.82) is 0 Å². The van der Waals surface area contributed by atoms with E-state index in [-0.39, 0.29) is 25.2 Å². The van der Waals surface area contributed by atoms with Crippen molar-refractivity contribution < 1.29 is 23.8 Å². The Morgan fingerprint density at radius 1 is 0.379 bits per heavy atom. The third-order valence-electron chi connectivity index (χ3n) is 10.8. The minimum absolute atomic E-state index is 0.0795. The molecule has 0 aromatic carbocycles. The average Bonchev–Trinajstić information content (AvgIpc) is 3.22. The van der Waals surface area contributed by atoms with E-state index in [2.05, 4.69) is 69.4 Å². The van der Waals surface area contributed by atoms with Crippen LogP contribution >= 0.6 is 0 Å². The molecule has 5 nitrogen and oxygen atoms in total. The lowest BCUT2D eigenvalue weighted by atomic mass is 10.1. The molecule has 0 amide bonds. The van der Waals surface area contributed by atoms with Gasteiger partial charge in [-0.15, -0.1) is 0 Å². The first-order valence-corrected chi connectivity index (χ1v) is 25.2. The van der Waals surface area contributed by atoms with Gasteiger partial charge in [-0.1, -0.05) is 204 Å². The average molecular weight is 813 g/mol. The molecule has 338 valence electrons. The van der Waals surface area contributed by atoms with Crippen molar-refractivity contribution in [3.63, 3.8) is 0 Å². The van der Waals surface area contributed by atoms with Crippen LogP contribution < -0.4 is 0 Å². The number of allylic oxidation sites excluding steroid dienone is 8. The number of carbonyl (C=O) groups is 2. The summed E-state index contributed by atoms with van der Waals surface area (Å²) in [6, 6.07) is 0. The molecule has 0 aliphatic carbocycles.